The Morgan fingerprint density at radius 3 is 2.70 bits per heavy atom. The number of ether oxygens (including phenoxy) is 2. The molecule has 0 saturated carbocycles. The number of hydrogen-bond donors (Lipinski definition) is 1. The summed E-state index contributed by atoms with van der Waals surface area (Å²) in [5, 5.41) is 7.16. The molecule has 0 unspecified atom stereocenters. The highest BCUT2D eigenvalue weighted by molar-refractivity contribution is 7.10. The third kappa shape index (κ3) is 4.88. The summed E-state index contributed by atoms with van der Waals surface area (Å²) in [5.41, 5.74) is 0.388. The molecule has 1 aromatic heterocycles. The number of hydrogen-bond acceptors (Lipinski definition) is 8. The summed E-state index contributed by atoms with van der Waals surface area (Å²) in [5.74, 6) is -0.901. The van der Waals surface area contributed by atoms with Crippen LogP contribution < -0.4 is 10.1 Å². The second-order valence-corrected chi connectivity index (χ2v) is 7.76. The van der Waals surface area contributed by atoms with Gasteiger partial charge in [-0.05, 0) is 38.0 Å². The summed E-state index contributed by atoms with van der Waals surface area (Å²) >= 11 is 6.94. The lowest BCUT2D eigenvalue weighted by atomic mass is 9.95. The molecule has 3 rings (SSSR count). The highest BCUT2D eigenvalue weighted by Crippen LogP contribution is 2.27. The summed E-state index contributed by atoms with van der Waals surface area (Å²) in [4.78, 5) is 39.1. The van der Waals surface area contributed by atoms with E-state index in [1.807, 2.05) is 0 Å². The fourth-order valence-electron chi connectivity index (χ4n) is 3.18. The van der Waals surface area contributed by atoms with Gasteiger partial charge in [0.15, 0.2) is 5.00 Å². The van der Waals surface area contributed by atoms with Crippen molar-refractivity contribution >= 4 is 45.9 Å². The van der Waals surface area contributed by atoms with Crippen molar-refractivity contribution < 1.29 is 23.9 Å². The topological polar surface area (TPSA) is 111 Å². The Morgan fingerprint density at radius 1 is 1.30 bits per heavy atom. The first-order chi connectivity index (χ1) is 14.4. The first kappa shape index (κ1) is 22.0. The Bertz CT molecular complexity index is 943. The van der Waals surface area contributed by atoms with Crippen molar-refractivity contribution in [3.05, 3.63) is 34.5 Å². The maximum Gasteiger partial charge on any atom is 0.362 e. The van der Waals surface area contributed by atoms with Gasteiger partial charge in [0.25, 0.3) is 5.91 Å². The van der Waals surface area contributed by atoms with E-state index in [-0.39, 0.29) is 35.0 Å². The fraction of sp³-hybridized carbons (Fsp3) is 0.421. The fourth-order valence-corrected chi connectivity index (χ4v) is 3.92. The molecule has 2 heterocycles. The molecule has 1 saturated heterocycles. The second kappa shape index (κ2) is 9.86. The number of aromatic nitrogens is 2. The average Bonchev–Trinajstić information content (AvgIpc) is 3.21. The Morgan fingerprint density at radius 2 is 2.03 bits per heavy atom. The molecule has 1 N–H and O–H groups in total. The van der Waals surface area contributed by atoms with Crippen LogP contribution in [0.4, 0.5) is 5.00 Å². The predicted octanol–water partition coefficient (Wildman–Crippen LogP) is 2.87. The van der Waals surface area contributed by atoms with Crippen molar-refractivity contribution in [2.45, 2.75) is 19.8 Å². The monoisotopic (exact) mass is 452 g/mol. The first-order valence-corrected chi connectivity index (χ1v) is 10.5. The summed E-state index contributed by atoms with van der Waals surface area (Å²) in [6, 6.07) is 4.89. The lowest BCUT2D eigenvalue weighted by molar-refractivity contribution is -0.121. The maximum absolute atomic E-state index is 12.9. The SMILES string of the molecule is CCOC(=O)c1nnsc1NC(=O)C1CCN(C(=O)c2cc(Cl)ccc2OC)CC1. The zero-order chi connectivity index (χ0) is 21.7. The molecule has 9 nitrogen and oxygen atoms in total. The van der Waals surface area contributed by atoms with Gasteiger partial charge < -0.3 is 19.7 Å². The minimum atomic E-state index is -0.627. The number of rotatable bonds is 6. The molecule has 0 radical (unpaired) electrons. The molecule has 1 aliphatic rings. The van der Waals surface area contributed by atoms with E-state index in [1.165, 1.54) is 7.11 Å². The van der Waals surface area contributed by atoms with Gasteiger partial charge in [0, 0.05) is 35.6 Å². The Hall–Kier alpha value is -2.72. The van der Waals surface area contributed by atoms with E-state index < -0.39 is 5.97 Å². The number of methoxy groups -OCH3 is 1. The van der Waals surface area contributed by atoms with Gasteiger partial charge >= 0.3 is 5.97 Å². The van der Waals surface area contributed by atoms with Crippen molar-refractivity contribution in [1.29, 1.82) is 0 Å². The van der Waals surface area contributed by atoms with Gasteiger partial charge in [-0.15, -0.1) is 5.10 Å². The van der Waals surface area contributed by atoms with Gasteiger partial charge in [0.2, 0.25) is 11.6 Å². The van der Waals surface area contributed by atoms with Crippen LogP contribution in [-0.2, 0) is 9.53 Å². The van der Waals surface area contributed by atoms with Crippen molar-refractivity contribution in [3.8, 4) is 5.75 Å². The molecule has 0 spiro atoms. The zero-order valence-electron chi connectivity index (χ0n) is 16.5. The molecular weight excluding hydrogens is 432 g/mol. The summed E-state index contributed by atoms with van der Waals surface area (Å²) in [6.07, 6.45) is 0.975. The Kier molecular flexibility index (Phi) is 7.22. The van der Waals surface area contributed by atoms with E-state index in [1.54, 1.807) is 30.0 Å². The first-order valence-electron chi connectivity index (χ1n) is 9.37. The molecule has 30 heavy (non-hydrogen) atoms. The van der Waals surface area contributed by atoms with Crippen molar-refractivity contribution in [3.63, 3.8) is 0 Å². The highest BCUT2D eigenvalue weighted by atomic mass is 35.5. The number of esters is 1. The van der Waals surface area contributed by atoms with Crippen LogP contribution in [0, 0.1) is 5.92 Å². The smallest absolute Gasteiger partial charge is 0.362 e. The van der Waals surface area contributed by atoms with E-state index in [2.05, 4.69) is 14.9 Å². The van der Waals surface area contributed by atoms with Crippen LogP contribution in [0.3, 0.4) is 0 Å². The van der Waals surface area contributed by atoms with Gasteiger partial charge in [0.05, 0.1) is 19.3 Å². The largest absolute Gasteiger partial charge is 0.496 e. The summed E-state index contributed by atoms with van der Waals surface area (Å²) in [6.45, 7) is 2.72. The van der Waals surface area contributed by atoms with Gasteiger partial charge in [-0.1, -0.05) is 16.1 Å². The number of nitrogens with one attached hydrogen (secondary N) is 1. The van der Waals surface area contributed by atoms with E-state index in [4.69, 9.17) is 21.1 Å². The number of amides is 2. The number of halogens is 1. The van der Waals surface area contributed by atoms with E-state index in [0.29, 0.717) is 42.3 Å². The summed E-state index contributed by atoms with van der Waals surface area (Å²) in [7, 11) is 1.50. The van der Waals surface area contributed by atoms with Gasteiger partial charge in [-0.25, -0.2) is 4.79 Å². The average molecular weight is 453 g/mol. The van der Waals surface area contributed by atoms with Crippen LogP contribution in [0.2, 0.25) is 5.02 Å². The van der Waals surface area contributed by atoms with E-state index >= 15 is 0 Å². The zero-order valence-corrected chi connectivity index (χ0v) is 18.1. The van der Waals surface area contributed by atoms with Crippen molar-refractivity contribution in [1.82, 2.24) is 14.5 Å². The van der Waals surface area contributed by atoms with Gasteiger partial charge in [-0.3, -0.25) is 9.59 Å². The molecule has 160 valence electrons. The van der Waals surface area contributed by atoms with Crippen LogP contribution in [0.15, 0.2) is 18.2 Å². The molecule has 11 heteroatoms. The lowest BCUT2D eigenvalue weighted by Gasteiger charge is -2.31. The normalized spacial score (nSPS) is 14.3. The van der Waals surface area contributed by atoms with Crippen molar-refractivity contribution in [2.24, 2.45) is 5.92 Å². The molecule has 0 aliphatic carbocycles. The van der Waals surface area contributed by atoms with Crippen LogP contribution in [0.25, 0.3) is 0 Å². The molecule has 2 amide bonds. The minimum absolute atomic E-state index is 0.00383. The third-order valence-corrected chi connectivity index (χ3v) is 5.61. The summed E-state index contributed by atoms with van der Waals surface area (Å²) < 4.78 is 13.9. The standard InChI is InChI=1S/C19H21ClN4O5S/c1-3-29-19(27)15-17(30-23-22-15)21-16(25)11-6-8-24(9-7-11)18(26)13-10-12(20)4-5-14(13)28-2/h4-5,10-11H,3,6-9H2,1-2H3,(H,21,25). The molecule has 0 atom stereocenters. The highest BCUT2D eigenvalue weighted by Gasteiger charge is 2.30. The van der Waals surface area contributed by atoms with Crippen LogP contribution >= 0.6 is 23.1 Å². The predicted molar refractivity (Wildman–Crippen MR) is 111 cm³/mol. The number of likely N-dealkylation sites (tertiary alicyclic amines) is 1. The van der Waals surface area contributed by atoms with E-state index in [0.717, 1.165) is 11.5 Å². The molecule has 2 aromatic rings. The number of piperidine rings is 1. The number of anilines is 1. The Balaban J connectivity index is 1.60. The molecule has 1 fully saturated rings. The van der Waals surface area contributed by atoms with Crippen molar-refractivity contribution in [2.75, 3.05) is 32.1 Å². The van der Waals surface area contributed by atoms with Gasteiger partial charge in [0.1, 0.15) is 5.75 Å². The maximum atomic E-state index is 12.9. The van der Waals surface area contributed by atoms with Crippen LogP contribution in [0.1, 0.15) is 40.6 Å². The third-order valence-electron chi connectivity index (χ3n) is 4.74. The molecule has 1 aliphatic heterocycles. The molecular formula is C19H21ClN4O5S. The van der Waals surface area contributed by atoms with Crippen LogP contribution in [0.5, 0.6) is 5.75 Å². The van der Waals surface area contributed by atoms with Gasteiger partial charge in [-0.2, -0.15) is 0 Å². The number of carbonyl (C=O) groups excluding carboxylic acids is 3. The lowest BCUT2D eigenvalue weighted by Crippen LogP contribution is -2.41. The second-order valence-electron chi connectivity index (χ2n) is 6.57. The minimum Gasteiger partial charge on any atom is -0.496 e. The van der Waals surface area contributed by atoms with Crippen LogP contribution in [-0.4, -0.2) is 59.1 Å². The number of nitrogens with zero attached hydrogens (tertiary/aromatic N) is 3. The molecule has 1 aromatic carbocycles. The molecule has 0 bridgehead atoms. The Labute approximate surface area is 182 Å². The van der Waals surface area contributed by atoms with E-state index in [9.17, 15) is 14.4 Å². The number of carbonyl (C=O) groups is 3. The number of benzene rings is 1. The quantitative estimate of drug-likeness (QED) is 0.671.